The van der Waals surface area contributed by atoms with Crippen molar-refractivity contribution < 1.29 is 9.53 Å². The summed E-state index contributed by atoms with van der Waals surface area (Å²) in [5, 5.41) is 0. The van der Waals surface area contributed by atoms with E-state index in [2.05, 4.69) is 27.8 Å². The molecule has 0 aromatic carbocycles. The summed E-state index contributed by atoms with van der Waals surface area (Å²) in [5.41, 5.74) is 0.626. The normalized spacial score (nSPS) is 25.0. The van der Waals surface area contributed by atoms with Gasteiger partial charge in [-0.05, 0) is 34.3 Å². The fourth-order valence-corrected chi connectivity index (χ4v) is 2.53. The lowest BCUT2D eigenvalue weighted by molar-refractivity contribution is -0.00174. The van der Waals surface area contributed by atoms with Crippen LogP contribution >= 0.6 is 15.9 Å². The van der Waals surface area contributed by atoms with Gasteiger partial charge in [-0.1, -0.05) is 6.92 Å². The number of halogens is 1. The monoisotopic (exact) mass is 300 g/mol. The SMILES string of the molecule is COC1CN(C(=O)c2cc(Br)c[nH]2)CCC1C. The summed E-state index contributed by atoms with van der Waals surface area (Å²) >= 11 is 3.33. The van der Waals surface area contributed by atoms with E-state index in [0.717, 1.165) is 17.4 Å². The minimum atomic E-state index is 0.0460. The van der Waals surface area contributed by atoms with E-state index in [-0.39, 0.29) is 12.0 Å². The van der Waals surface area contributed by atoms with Gasteiger partial charge in [0.2, 0.25) is 0 Å². The van der Waals surface area contributed by atoms with Gasteiger partial charge in [0, 0.05) is 30.9 Å². The molecule has 2 unspecified atom stereocenters. The van der Waals surface area contributed by atoms with E-state index in [1.807, 2.05) is 11.0 Å². The van der Waals surface area contributed by atoms with Crippen LogP contribution in [0.25, 0.3) is 0 Å². The molecule has 0 aliphatic carbocycles. The molecule has 1 fully saturated rings. The Labute approximate surface area is 109 Å². The number of piperidine rings is 1. The first-order valence-electron chi connectivity index (χ1n) is 5.77. The maximum absolute atomic E-state index is 12.2. The highest BCUT2D eigenvalue weighted by Gasteiger charge is 2.29. The van der Waals surface area contributed by atoms with Crippen molar-refractivity contribution in [2.24, 2.45) is 5.92 Å². The molecule has 4 nitrogen and oxygen atoms in total. The van der Waals surface area contributed by atoms with Gasteiger partial charge in [-0.15, -0.1) is 0 Å². The number of nitrogens with zero attached hydrogens (tertiary/aromatic N) is 1. The van der Waals surface area contributed by atoms with Crippen molar-refractivity contribution in [1.82, 2.24) is 9.88 Å². The molecule has 1 saturated heterocycles. The number of rotatable bonds is 2. The molecule has 0 saturated carbocycles. The predicted octanol–water partition coefficient (Wildman–Crippen LogP) is 2.27. The van der Waals surface area contributed by atoms with Crippen LogP contribution < -0.4 is 0 Å². The molecule has 17 heavy (non-hydrogen) atoms. The van der Waals surface area contributed by atoms with Crippen LogP contribution in [-0.4, -0.2) is 42.1 Å². The van der Waals surface area contributed by atoms with E-state index in [9.17, 15) is 4.79 Å². The molecule has 1 aliphatic rings. The minimum Gasteiger partial charge on any atom is -0.379 e. The lowest BCUT2D eigenvalue weighted by atomic mass is 9.95. The van der Waals surface area contributed by atoms with Gasteiger partial charge in [-0.25, -0.2) is 0 Å². The molecule has 0 bridgehead atoms. The summed E-state index contributed by atoms with van der Waals surface area (Å²) in [4.78, 5) is 17.0. The lowest BCUT2D eigenvalue weighted by Crippen LogP contribution is -2.46. The fraction of sp³-hybridized carbons (Fsp3) is 0.583. The van der Waals surface area contributed by atoms with Crippen LogP contribution in [-0.2, 0) is 4.74 Å². The average Bonchev–Trinajstić information content (AvgIpc) is 2.75. The molecule has 2 rings (SSSR count). The first-order chi connectivity index (χ1) is 8.11. The first kappa shape index (κ1) is 12.6. The Kier molecular flexibility index (Phi) is 3.89. The lowest BCUT2D eigenvalue weighted by Gasteiger charge is -2.36. The molecule has 2 heterocycles. The third-order valence-corrected chi connectivity index (χ3v) is 3.82. The van der Waals surface area contributed by atoms with Crippen molar-refractivity contribution in [2.75, 3.05) is 20.2 Å². The van der Waals surface area contributed by atoms with Crippen LogP contribution in [0.3, 0.4) is 0 Å². The van der Waals surface area contributed by atoms with Gasteiger partial charge >= 0.3 is 0 Å². The standard InChI is InChI=1S/C12H17BrN2O2/c1-8-3-4-15(7-11(8)17-2)12(16)10-5-9(13)6-14-10/h5-6,8,11,14H,3-4,7H2,1-2H3. The molecule has 1 aliphatic heterocycles. The van der Waals surface area contributed by atoms with E-state index < -0.39 is 0 Å². The second-order valence-electron chi connectivity index (χ2n) is 4.52. The smallest absolute Gasteiger partial charge is 0.270 e. The number of methoxy groups -OCH3 is 1. The molecular weight excluding hydrogens is 284 g/mol. The zero-order valence-electron chi connectivity index (χ0n) is 10.1. The highest BCUT2D eigenvalue weighted by atomic mass is 79.9. The summed E-state index contributed by atoms with van der Waals surface area (Å²) in [6, 6.07) is 1.81. The number of ether oxygens (including phenoxy) is 1. The van der Waals surface area contributed by atoms with Crippen LogP contribution in [0, 0.1) is 5.92 Å². The Morgan fingerprint density at radius 2 is 2.41 bits per heavy atom. The van der Waals surface area contributed by atoms with Gasteiger partial charge in [0.05, 0.1) is 6.10 Å². The Morgan fingerprint density at radius 3 is 3.00 bits per heavy atom. The molecule has 94 valence electrons. The number of aromatic amines is 1. The fourth-order valence-electron chi connectivity index (χ4n) is 2.19. The number of amides is 1. The zero-order valence-corrected chi connectivity index (χ0v) is 11.7. The average molecular weight is 301 g/mol. The molecule has 1 N–H and O–H groups in total. The molecular formula is C12H17BrN2O2. The molecule has 5 heteroatoms. The Bertz CT molecular complexity index is 405. The van der Waals surface area contributed by atoms with Crippen LogP contribution in [0.4, 0.5) is 0 Å². The van der Waals surface area contributed by atoms with E-state index in [0.29, 0.717) is 18.2 Å². The summed E-state index contributed by atoms with van der Waals surface area (Å²) in [7, 11) is 1.71. The van der Waals surface area contributed by atoms with Crippen molar-refractivity contribution in [3.8, 4) is 0 Å². The van der Waals surface area contributed by atoms with Crippen LogP contribution in [0.15, 0.2) is 16.7 Å². The highest BCUT2D eigenvalue weighted by Crippen LogP contribution is 2.21. The minimum absolute atomic E-state index is 0.0460. The van der Waals surface area contributed by atoms with Crippen LogP contribution in [0.2, 0.25) is 0 Å². The summed E-state index contributed by atoms with van der Waals surface area (Å²) in [5.74, 6) is 0.559. The van der Waals surface area contributed by atoms with Gasteiger partial charge in [0.1, 0.15) is 5.69 Å². The molecule has 0 spiro atoms. The maximum Gasteiger partial charge on any atom is 0.270 e. The number of aromatic nitrogens is 1. The molecule has 2 atom stereocenters. The van der Waals surface area contributed by atoms with Gasteiger partial charge in [-0.3, -0.25) is 4.79 Å². The van der Waals surface area contributed by atoms with Crippen molar-refractivity contribution in [1.29, 1.82) is 0 Å². The van der Waals surface area contributed by atoms with E-state index in [1.165, 1.54) is 0 Å². The largest absolute Gasteiger partial charge is 0.379 e. The number of H-pyrrole nitrogens is 1. The van der Waals surface area contributed by atoms with Crippen LogP contribution in [0.1, 0.15) is 23.8 Å². The Morgan fingerprint density at radius 1 is 1.65 bits per heavy atom. The second kappa shape index (κ2) is 5.23. The van der Waals surface area contributed by atoms with Crippen molar-refractivity contribution in [3.05, 3.63) is 22.4 Å². The number of carbonyl (C=O) groups is 1. The van der Waals surface area contributed by atoms with E-state index in [1.54, 1.807) is 13.3 Å². The first-order valence-corrected chi connectivity index (χ1v) is 6.57. The third kappa shape index (κ3) is 2.72. The summed E-state index contributed by atoms with van der Waals surface area (Å²) in [6.07, 6.45) is 2.91. The topological polar surface area (TPSA) is 45.3 Å². The Hall–Kier alpha value is -0.810. The molecule has 0 radical (unpaired) electrons. The van der Waals surface area contributed by atoms with Gasteiger partial charge in [0.15, 0.2) is 0 Å². The predicted molar refractivity (Wildman–Crippen MR) is 69.0 cm³/mol. The number of likely N-dealkylation sites (tertiary alicyclic amines) is 1. The zero-order chi connectivity index (χ0) is 12.4. The molecule has 1 aromatic heterocycles. The number of carbonyl (C=O) groups excluding carboxylic acids is 1. The van der Waals surface area contributed by atoms with Crippen molar-refractivity contribution in [3.63, 3.8) is 0 Å². The second-order valence-corrected chi connectivity index (χ2v) is 5.44. The molecule has 1 aromatic rings. The Balaban J connectivity index is 2.05. The highest BCUT2D eigenvalue weighted by molar-refractivity contribution is 9.10. The van der Waals surface area contributed by atoms with E-state index in [4.69, 9.17) is 4.74 Å². The maximum atomic E-state index is 12.2. The number of hydrogen-bond donors (Lipinski definition) is 1. The summed E-state index contributed by atoms with van der Waals surface area (Å²) < 4.78 is 6.31. The van der Waals surface area contributed by atoms with Gasteiger partial charge < -0.3 is 14.6 Å². The number of hydrogen-bond acceptors (Lipinski definition) is 2. The van der Waals surface area contributed by atoms with Crippen molar-refractivity contribution in [2.45, 2.75) is 19.4 Å². The quantitative estimate of drug-likeness (QED) is 0.911. The summed E-state index contributed by atoms with van der Waals surface area (Å²) in [6.45, 7) is 3.64. The van der Waals surface area contributed by atoms with E-state index >= 15 is 0 Å². The van der Waals surface area contributed by atoms with Crippen LogP contribution in [0.5, 0.6) is 0 Å². The number of nitrogens with one attached hydrogen (secondary N) is 1. The third-order valence-electron chi connectivity index (χ3n) is 3.36. The van der Waals surface area contributed by atoms with Gasteiger partial charge in [-0.2, -0.15) is 0 Å². The van der Waals surface area contributed by atoms with Gasteiger partial charge in [0.25, 0.3) is 5.91 Å². The van der Waals surface area contributed by atoms with Crippen molar-refractivity contribution >= 4 is 21.8 Å². The molecule has 1 amide bonds.